The molecule has 0 radical (unpaired) electrons. The van der Waals surface area contributed by atoms with Crippen LogP contribution in [0.1, 0.15) is 12.5 Å². The minimum absolute atomic E-state index is 0.195. The number of rotatable bonds is 6. The molecule has 1 unspecified atom stereocenters. The molecule has 1 aliphatic rings. The fourth-order valence-electron chi connectivity index (χ4n) is 3.40. The third-order valence-corrected chi connectivity index (χ3v) is 6.83. The first kappa shape index (κ1) is 23.4. The lowest BCUT2D eigenvalue weighted by atomic mass is 9.92. The van der Waals surface area contributed by atoms with Gasteiger partial charge < -0.3 is 5.32 Å². The fourth-order valence-corrected chi connectivity index (χ4v) is 4.48. The molecule has 1 aliphatic heterocycles. The first-order chi connectivity index (χ1) is 16.0. The van der Waals surface area contributed by atoms with Gasteiger partial charge in [0.1, 0.15) is 22.8 Å². The number of imide groups is 1. The third kappa shape index (κ3) is 4.24. The second-order valence-electron chi connectivity index (χ2n) is 7.56. The van der Waals surface area contributed by atoms with Crippen molar-refractivity contribution in [2.45, 2.75) is 17.4 Å². The van der Waals surface area contributed by atoms with Gasteiger partial charge in [-0.2, -0.15) is 5.10 Å². The molecule has 1 fully saturated rings. The number of nitrogens with zero attached hydrogens (tertiary/aromatic N) is 3. The summed E-state index contributed by atoms with van der Waals surface area (Å²) >= 11 is 5.78. The van der Waals surface area contributed by atoms with Crippen LogP contribution >= 0.6 is 11.6 Å². The van der Waals surface area contributed by atoms with E-state index < -0.39 is 45.8 Å². The van der Waals surface area contributed by atoms with Crippen LogP contribution in [0.3, 0.4) is 0 Å². The summed E-state index contributed by atoms with van der Waals surface area (Å²) in [7, 11) is -4.33. The van der Waals surface area contributed by atoms with Crippen molar-refractivity contribution in [3.05, 3.63) is 77.3 Å². The number of aromatic nitrogens is 2. The molecule has 4 rings (SSSR count). The fraction of sp³-hybridized carbons (Fsp3) is 0.143. The van der Waals surface area contributed by atoms with Crippen molar-refractivity contribution in [2.24, 2.45) is 0 Å². The zero-order valence-corrected chi connectivity index (χ0v) is 19.1. The predicted octanol–water partition coefficient (Wildman–Crippen LogP) is 1.94. The van der Waals surface area contributed by atoms with Gasteiger partial charge in [0.15, 0.2) is 0 Å². The van der Waals surface area contributed by atoms with Gasteiger partial charge in [0, 0.05) is 0 Å². The van der Waals surface area contributed by atoms with E-state index in [1.54, 1.807) is 30.3 Å². The van der Waals surface area contributed by atoms with E-state index in [0.717, 1.165) is 12.3 Å². The van der Waals surface area contributed by atoms with E-state index in [2.05, 4.69) is 10.4 Å². The molecular weight excluding hydrogens is 489 g/mol. The van der Waals surface area contributed by atoms with Gasteiger partial charge in [-0.25, -0.2) is 27.0 Å². The summed E-state index contributed by atoms with van der Waals surface area (Å²) < 4.78 is 41.8. The first-order valence-corrected chi connectivity index (χ1v) is 11.6. The molecule has 176 valence electrons. The van der Waals surface area contributed by atoms with Crippen LogP contribution in [0, 0.1) is 5.82 Å². The lowest BCUT2D eigenvalue weighted by molar-refractivity contribution is -0.134. The zero-order chi connectivity index (χ0) is 24.7. The van der Waals surface area contributed by atoms with Crippen LogP contribution in [-0.4, -0.2) is 47.5 Å². The summed E-state index contributed by atoms with van der Waals surface area (Å²) in [5, 5.41) is 6.15. The Morgan fingerprint density at radius 1 is 1.21 bits per heavy atom. The quantitative estimate of drug-likeness (QED) is 0.492. The molecule has 10 nitrogen and oxygen atoms in total. The van der Waals surface area contributed by atoms with Crippen LogP contribution in [0.15, 0.2) is 65.8 Å². The molecule has 1 atom stereocenters. The van der Waals surface area contributed by atoms with Gasteiger partial charge in [-0.05, 0) is 36.8 Å². The maximum absolute atomic E-state index is 13.5. The Morgan fingerprint density at radius 2 is 1.91 bits per heavy atom. The van der Waals surface area contributed by atoms with Crippen molar-refractivity contribution < 1.29 is 27.2 Å². The number of para-hydroxylation sites is 1. The van der Waals surface area contributed by atoms with Crippen LogP contribution < -0.4 is 10.0 Å². The van der Waals surface area contributed by atoms with Crippen molar-refractivity contribution >= 4 is 39.5 Å². The van der Waals surface area contributed by atoms with Crippen LogP contribution in [0.4, 0.5) is 9.18 Å². The monoisotopic (exact) mass is 505 g/mol. The Balaban J connectivity index is 1.48. The largest absolute Gasteiger partial charge is 0.325 e. The second kappa shape index (κ2) is 8.54. The highest BCUT2D eigenvalue weighted by atomic mass is 35.5. The minimum Gasteiger partial charge on any atom is -0.319 e. The van der Waals surface area contributed by atoms with Gasteiger partial charge in [-0.1, -0.05) is 35.9 Å². The second-order valence-corrected chi connectivity index (χ2v) is 9.65. The normalized spacial score (nSPS) is 18.1. The standard InChI is InChI=1S/C21H17ClFN5O5S/c1-21(13-7-8-17(23)16(22)9-13)19(30)27(20(31)25-21)12-18(29)26-34(32,33)15-10-24-28(11-15)14-5-3-2-4-6-14/h2-11H,12H2,1H3,(H,25,31)(H,26,29). The summed E-state index contributed by atoms with van der Waals surface area (Å²) in [5.41, 5.74) is -0.819. The van der Waals surface area contributed by atoms with Gasteiger partial charge >= 0.3 is 6.03 Å². The highest BCUT2D eigenvalue weighted by Crippen LogP contribution is 2.31. The third-order valence-electron chi connectivity index (χ3n) is 5.21. The van der Waals surface area contributed by atoms with Crippen LogP contribution in [0.5, 0.6) is 0 Å². The average molecular weight is 506 g/mol. The lowest BCUT2D eigenvalue weighted by Gasteiger charge is -2.22. The molecule has 3 aromatic rings. The molecule has 2 N–H and O–H groups in total. The summed E-state index contributed by atoms with van der Waals surface area (Å²) in [6.45, 7) is 0.505. The SMILES string of the molecule is CC1(c2ccc(F)c(Cl)c2)NC(=O)N(CC(=O)NS(=O)(=O)c2cnn(-c3ccccc3)c2)C1=O. The zero-order valence-electron chi connectivity index (χ0n) is 17.5. The number of amides is 4. The number of benzene rings is 2. The molecule has 2 aromatic carbocycles. The topological polar surface area (TPSA) is 130 Å². The number of carbonyl (C=O) groups excluding carboxylic acids is 3. The number of hydrogen-bond acceptors (Lipinski definition) is 6. The average Bonchev–Trinajstić information content (AvgIpc) is 3.37. The van der Waals surface area contributed by atoms with Crippen molar-refractivity contribution in [2.75, 3.05) is 6.54 Å². The molecule has 1 aromatic heterocycles. The Morgan fingerprint density at radius 3 is 2.59 bits per heavy atom. The van der Waals surface area contributed by atoms with Gasteiger partial charge in [0.25, 0.3) is 21.8 Å². The molecule has 2 heterocycles. The molecule has 13 heteroatoms. The molecule has 34 heavy (non-hydrogen) atoms. The van der Waals surface area contributed by atoms with E-state index in [1.807, 2.05) is 4.72 Å². The maximum atomic E-state index is 13.5. The number of hydrogen-bond donors (Lipinski definition) is 2. The molecule has 1 saturated heterocycles. The van der Waals surface area contributed by atoms with Crippen LogP contribution in [-0.2, 0) is 25.2 Å². The van der Waals surface area contributed by atoms with Crippen molar-refractivity contribution in [1.82, 2.24) is 24.7 Å². The van der Waals surface area contributed by atoms with Crippen LogP contribution in [0.2, 0.25) is 5.02 Å². The van der Waals surface area contributed by atoms with Crippen LogP contribution in [0.25, 0.3) is 5.69 Å². The molecule has 0 bridgehead atoms. The number of sulfonamides is 1. The molecule has 0 spiro atoms. The summed E-state index contributed by atoms with van der Waals surface area (Å²) in [4.78, 5) is 38.1. The smallest absolute Gasteiger partial charge is 0.319 e. The van der Waals surface area contributed by atoms with Gasteiger partial charge in [0.2, 0.25) is 0 Å². The number of halogens is 2. The minimum atomic E-state index is -4.33. The Kier molecular flexibility index (Phi) is 5.87. The summed E-state index contributed by atoms with van der Waals surface area (Å²) in [5.74, 6) is -2.65. The van der Waals surface area contributed by atoms with Crippen molar-refractivity contribution in [3.63, 3.8) is 0 Å². The number of carbonyl (C=O) groups is 3. The number of nitrogens with one attached hydrogen (secondary N) is 2. The molecular formula is C21H17ClFN5O5S. The van der Waals surface area contributed by atoms with E-state index in [4.69, 9.17) is 11.6 Å². The van der Waals surface area contributed by atoms with Crippen molar-refractivity contribution in [3.8, 4) is 5.69 Å². The molecule has 4 amide bonds. The van der Waals surface area contributed by atoms with Gasteiger partial charge in [-0.15, -0.1) is 0 Å². The van der Waals surface area contributed by atoms with Crippen molar-refractivity contribution in [1.29, 1.82) is 0 Å². The van der Waals surface area contributed by atoms with Gasteiger partial charge in [0.05, 0.1) is 23.1 Å². The Hall–Kier alpha value is -3.77. The number of urea groups is 1. The molecule has 0 aliphatic carbocycles. The van der Waals surface area contributed by atoms with E-state index in [-0.39, 0.29) is 15.5 Å². The summed E-state index contributed by atoms with van der Waals surface area (Å²) in [6.07, 6.45) is 2.28. The van der Waals surface area contributed by atoms with E-state index in [0.29, 0.717) is 10.6 Å². The summed E-state index contributed by atoms with van der Waals surface area (Å²) in [6, 6.07) is 11.3. The highest BCUT2D eigenvalue weighted by molar-refractivity contribution is 7.90. The lowest BCUT2D eigenvalue weighted by Crippen LogP contribution is -2.44. The van der Waals surface area contributed by atoms with E-state index >= 15 is 0 Å². The maximum Gasteiger partial charge on any atom is 0.325 e. The van der Waals surface area contributed by atoms with Gasteiger partial charge in [-0.3, -0.25) is 14.5 Å². The first-order valence-electron chi connectivity index (χ1n) is 9.76. The molecule has 0 saturated carbocycles. The Labute approximate surface area is 198 Å². The highest BCUT2D eigenvalue weighted by Gasteiger charge is 2.49. The predicted molar refractivity (Wildman–Crippen MR) is 118 cm³/mol. The van der Waals surface area contributed by atoms with E-state index in [9.17, 15) is 27.2 Å². The Bertz CT molecular complexity index is 1410. The van der Waals surface area contributed by atoms with E-state index in [1.165, 1.54) is 29.9 Å².